The molecule has 0 saturated heterocycles. The number of rotatable bonds is 3. The van der Waals surface area contributed by atoms with Crippen LogP contribution in [0.4, 0.5) is 0 Å². The maximum Gasteiger partial charge on any atom is 0.358 e. The van der Waals surface area contributed by atoms with Gasteiger partial charge in [0.25, 0.3) is 0 Å². The highest BCUT2D eigenvalue weighted by atomic mass is 32.1. The Labute approximate surface area is 118 Å². The van der Waals surface area contributed by atoms with Crippen LogP contribution in [0.5, 0.6) is 0 Å². The molecule has 5 nitrogen and oxygen atoms in total. The molecule has 20 heavy (non-hydrogen) atoms. The topological polar surface area (TPSA) is 76.2 Å². The van der Waals surface area contributed by atoms with E-state index in [4.69, 9.17) is 4.42 Å². The van der Waals surface area contributed by atoms with Crippen LogP contribution in [-0.2, 0) is 0 Å². The normalized spacial score (nSPS) is 10.7. The second-order valence-electron chi connectivity index (χ2n) is 4.12. The highest BCUT2D eigenvalue weighted by molar-refractivity contribution is 7.13. The molecule has 0 aliphatic rings. The highest BCUT2D eigenvalue weighted by Crippen LogP contribution is 2.32. The van der Waals surface area contributed by atoms with Gasteiger partial charge in [-0.3, -0.25) is 4.98 Å². The zero-order chi connectivity index (χ0) is 14.1. The van der Waals surface area contributed by atoms with Gasteiger partial charge >= 0.3 is 5.97 Å². The molecule has 0 saturated carbocycles. The summed E-state index contributed by atoms with van der Waals surface area (Å²) in [6, 6.07) is 7.20. The Bertz CT molecular complexity index is 763. The molecule has 0 aliphatic heterocycles. The predicted octanol–water partition coefficient (Wildman–Crippen LogP) is 3.47. The van der Waals surface area contributed by atoms with Crippen molar-refractivity contribution in [3.05, 3.63) is 47.2 Å². The van der Waals surface area contributed by atoms with Crippen molar-refractivity contribution in [2.75, 3.05) is 0 Å². The second-order valence-corrected chi connectivity index (χ2v) is 5.06. The Kier molecular flexibility index (Phi) is 3.08. The quantitative estimate of drug-likeness (QED) is 0.797. The smallest absolute Gasteiger partial charge is 0.358 e. The van der Waals surface area contributed by atoms with Crippen molar-refractivity contribution in [3.8, 4) is 22.1 Å². The number of thiophene rings is 1. The zero-order valence-corrected chi connectivity index (χ0v) is 11.3. The lowest BCUT2D eigenvalue weighted by Gasteiger charge is -2.00. The van der Waals surface area contributed by atoms with Crippen molar-refractivity contribution in [2.24, 2.45) is 0 Å². The number of pyridine rings is 1. The molecule has 0 spiro atoms. The number of carbonyl (C=O) groups is 1. The highest BCUT2D eigenvalue weighted by Gasteiger charge is 2.23. The minimum atomic E-state index is -1.12. The van der Waals surface area contributed by atoms with Gasteiger partial charge < -0.3 is 9.52 Å². The maximum atomic E-state index is 11.3. The van der Waals surface area contributed by atoms with Crippen molar-refractivity contribution < 1.29 is 14.3 Å². The number of hydrogen-bond acceptors (Lipinski definition) is 5. The van der Waals surface area contributed by atoms with Crippen molar-refractivity contribution >= 4 is 17.3 Å². The molecule has 3 aromatic heterocycles. The van der Waals surface area contributed by atoms with Crippen LogP contribution in [0, 0.1) is 6.92 Å². The number of oxazole rings is 1. The van der Waals surface area contributed by atoms with Gasteiger partial charge in [0.05, 0.1) is 4.88 Å². The van der Waals surface area contributed by atoms with Gasteiger partial charge in [0.1, 0.15) is 0 Å². The summed E-state index contributed by atoms with van der Waals surface area (Å²) in [5.74, 6) is -0.558. The van der Waals surface area contributed by atoms with Gasteiger partial charge in [-0.1, -0.05) is 6.07 Å². The lowest BCUT2D eigenvalue weighted by atomic mass is 10.1. The third-order valence-corrected chi connectivity index (χ3v) is 3.67. The van der Waals surface area contributed by atoms with E-state index in [0.717, 1.165) is 4.88 Å². The lowest BCUT2D eigenvalue weighted by molar-refractivity contribution is 0.0691. The van der Waals surface area contributed by atoms with Gasteiger partial charge in [0.15, 0.2) is 11.5 Å². The van der Waals surface area contributed by atoms with E-state index in [1.807, 2.05) is 17.5 Å². The van der Waals surface area contributed by atoms with E-state index in [1.165, 1.54) is 11.3 Å². The van der Waals surface area contributed by atoms with Crippen molar-refractivity contribution in [3.63, 3.8) is 0 Å². The molecule has 0 bridgehead atoms. The molecule has 0 radical (unpaired) electrons. The molecule has 1 N–H and O–H groups in total. The monoisotopic (exact) mass is 286 g/mol. The summed E-state index contributed by atoms with van der Waals surface area (Å²) < 4.78 is 5.67. The first-order valence-corrected chi connectivity index (χ1v) is 6.75. The molecule has 100 valence electrons. The average molecular weight is 286 g/mol. The third kappa shape index (κ3) is 2.10. The second kappa shape index (κ2) is 4.90. The number of aryl methyl sites for hydroxylation is 1. The Balaban J connectivity index is 2.20. The SMILES string of the molecule is Cc1ncccc1-c1oc(-c2cccs2)nc1C(=O)O. The molecule has 0 aromatic carbocycles. The number of carboxylic acids is 1. The number of aromatic nitrogens is 2. The van der Waals surface area contributed by atoms with Crippen LogP contribution in [0.25, 0.3) is 22.1 Å². The minimum absolute atomic E-state index is 0.0931. The first-order chi connectivity index (χ1) is 9.66. The first-order valence-electron chi connectivity index (χ1n) is 5.87. The van der Waals surface area contributed by atoms with Gasteiger partial charge in [-0.05, 0) is 30.5 Å². The lowest BCUT2D eigenvalue weighted by Crippen LogP contribution is -1.99. The van der Waals surface area contributed by atoms with Gasteiger partial charge in [-0.25, -0.2) is 9.78 Å². The van der Waals surface area contributed by atoms with E-state index in [9.17, 15) is 9.90 Å². The van der Waals surface area contributed by atoms with E-state index in [0.29, 0.717) is 17.1 Å². The fourth-order valence-corrected chi connectivity index (χ4v) is 2.53. The summed E-state index contributed by atoms with van der Waals surface area (Å²) >= 11 is 1.44. The van der Waals surface area contributed by atoms with Crippen LogP contribution >= 0.6 is 11.3 Å². The van der Waals surface area contributed by atoms with Crippen LogP contribution in [0.1, 0.15) is 16.2 Å². The standard InChI is InChI=1S/C14H10N2O3S/c1-8-9(4-2-6-15-8)12-11(14(17)18)16-13(19-12)10-5-3-7-20-10/h2-7H,1H3,(H,17,18). The minimum Gasteiger partial charge on any atom is -0.476 e. The fourth-order valence-electron chi connectivity index (χ4n) is 1.88. The van der Waals surface area contributed by atoms with Gasteiger partial charge in [-0.15, -0.1) is 11.3 Å². The molecule has 3 heterocycles. The van der Waals surface area contributed by atoms with Gasteiger partial charge in [0.2, 0.25) is 5.89 Å². The molecule has 6 heteroatoms. The zero-order valence-electron chi connectivity index (χ0n) is 10.5. The number of carboxylic acid groups (broad SMARTS) is 1. The van der Waals surface area contributed by atoms with E-state index < -0.39 is 5.97 Å². The summed E-state index contributed by atoms with van der Waals surface area (Å²) in [6.07, 6.45) is 1.65. The van der Waals surface area contributed by atoms with Crippen LogP contribution in [-0.4, -0.2) is 21.0 Å². The van der Waals surface area contributed by atoms with E-state index >= 15 is 0 Å². The van der Waals surface area contributed by atoms with Crippen LogP contribution in [0.2, 0.25) is 0 Å². The van der Waals surface area contributed by atoms with Crippen molar-refractivity contribution in [1.29, 1.82) is 0 Å². The molecule has 0 unspecified atom stereocenters. The van der Waals surface area contributed by atoms with Crippen LogP contribution < -0.4 is 0 Å². The summed E-state index contributed by atoms with van der Waals surface area (Å²) in [7, 11) is 0. The Morgan fingerprint density at radius 1 is 1.35 bits per heavy atom. The van der Waals surface area contributed by atoms with E-state index in [2.05, 4.69) is 9.97 Å². The molecule has 0 aliphatic carbocycles. The molecule has 3 rings (SSSR count). The number of aromatic carboxylic acids is 1. The maximum absolute atomic E-state index is 11.3. The molecule has 0 atom stereocenters. The van der Waals surface area contributed by atoms with Crippen LogP contribution in [0.3, 0.4) is 0 Å². The molecular weight excluding hydrogens is 276 g/mol. The van der Waals surface area contributed by atoms with Gasteiger partial charge in [0, 0.05) is 17.5 Å². The predicted molar refractivity (Wildman–Crippen MR) is 74.7 cm³/mol. The summed E-state index contributed by atoms with van der Waals surface area (Å²) in [5, 5.41) is 11.2. The van der Waals surface area contributed by atoms with E-state index in [1.54, 1.807) is 25.3 Å². The van der Waals surface area contributed by atoms with Crippen molar-refractivity contribution in [2.45, 2.75) is 6.92 Å². The van der Waals surface area contributed by atoms with Gasteiger partial charge in [-0.2, -0.15) is 0 Å². The molecular formula is C14H10N2O3S. The number of nitrogens with zero attached hydrogens (tertiary/aromatic N) is 2. The van der Waals surface area contributed by atoms with Crippen LogP contribution in [0.15, 0.2) is 40.3 Å². The first kappa shape index (κ1) is 12.6. The summed E-state index contributed by atoms with van der Waals surface area (Å²) in [6.45, 7) is 1.80. The largest absolute Gasteiger partial charge is 0.476 e. The Hall–Kier alpha value is -2.47. The fraction of sp³-hybridized carbons (Fsp3) is 0.0714. The summed E-state index contributed by atoms with van der Waals surface area (Å²) in [5.41, 5.74) is 1.24. The Morgan fingerprint density at radius 3 is 2.85 bits per heavy atom. The third-order valence-electron chi connectivity index (χ3n) is 2.81. The van der Waals surface area contributed by atoms with E-state index in [-0.39, 0.29) is 11.5 Å². The molecule has 0 amide bonds. The number of hydrogen-bond donors (Lipinski definition) is 1. The molecule has 3 aromatic rings. The Morgan fingerprint density at radius 2 is 2.20 bits per heavy atom. The summed E-state index contributed by atoms with van der Waals surface area (Å²) in [4.78, 5) is 20.4. The molecule has 0 fully saturated rings. The average Bonchev–Trinajstić information content (AvgIpc) is 3.08. The van der Waals surface area contributed by atoms with Crippen molar-refractivity contribution in [1.82, 2.24) is 9.97 Å².